The van der Waals surface area contributed by atoms with E-state index in [1.54, 1.807) is 30.5 Å². The van der Waals surface area contributed by atoms with Crippen molar-refractivity contribution in [2.24, 2.45) is 0 Å². The summed E-state index contributed by atoms with van der Waals surface area (Å²) in [5.74, 6) is -0.692. The van der Waals surface area contributed by atoms with Gasteiger partial charge in [-0.1, -0.05) is 0 Å². The van der Waals surface area contributed by atoms with Crippen molar-refractivity contribution >= 4 is 11.6 Å². The minimum Gasteiger partial charge on any atom is -0.460 e. The summed E-state index contributed by atoms with van der Waals surface area (Å²) in [5, 5.41) is 4.23. The van der Waals surface area contributed by atoms with E-state index < -0.39 is 11.5 Å². The number of carbonyl (C=O) groups excluding carboxylic acids is 1. The minimum absolute atomic E-state index is 0.136. The molecule has 0 amide bonds. The van der Waals surface area contributed by atoms with Gasteiger partial charge in [0.2, 0.25) is 5.95 Å². The third-order valence-corrected chi connectivity index (χ3v) is 3.17. The Morgan fingerprint density at radius 2 is 2.12 bits per heavy atom. The summed E-state index contributed by atoms with van der Waals surface area (Å²) in [6.45, 7) is 5.46. The number of fused-ring (bicyclic) bond motifs is 1. The van der Waals surface area contributed by atoms with Gasteiger partial charge in [0, 0.05) is 12.4 Å². The number of esters is 1. The van der Waals surface area contributed by atoms with Crippen molar-refractivity contribution in [2.45, 2.75) is 32.8 Å². The molecule has 7 heteroatoms. The molecule has 0 aliphatic carbocycles. The van der Waals surface area contributed by atoms with Gasteiger partial charge >= 0.3 is 5.97 Å². The zero-order valence-electron chi connectivity index (χ0n) is 13.7. The van der Waals surface area contributed by atoms with E-state index in [0.717, 1.165) is 5.56 Å². The fourth-order valence-electron chi connectivity index (χ4n) is 2.24. The Morgan fingerprint density at radius 3 is 2.83 bits per heavy atom. The van der Waals surface area contributed by atoms with Gasteiger partial charge in [0.1, 0.15) is 5.60 Å². The van der Waals surface area contributed by atoms with Crippen molar-refractivity contribution in [3.8, 4) is 11.4 Å². The van der Waals surface area contributed by atoms with Crippen LogP contribution in [0.5, 0.6) is 0 Å². The van der Waals surface area contributed by atoms with E-state index in [9.17, 15) is 9.18 Å². The first-order valence-corrected chi connectivity index (χ1v) is 7.50. The van der Waals surface area contributed by atoms with Crippen molar-refractivity contribution in [1.29, 1.82) is 0 Å². The smallest absolute Gasteiger partial charge is 0.310 e. The maximum atomic E-state index is 13.8. The van der Waals surface area contributed by atoms with Crippen LogP contribution in [-0.2, 0) is 16.0 Å². The Labute approximate surface area is 138 Å². The summed E-state index contributed by atoms with van der Waals surface area (Å²) >= 11 is 0. The van der Waals surface area contributed by atoms with Crippen molar-refractivity contribution < 1.29 is 13.9 Å². The fourth-order valence-corrected chi connectivity index (χ4v) is 2.24. The van der Waals surface area contributed by atoms with Crippen LogP contribution in [0.2, 0.25) is 0 Å². The van der Waals surface area contributed by atoms with Crippen LogP contribution >= 0.6 is 0 Å². The quantitative estimate of drug-likeness (QED) is 0.546. The average molecular weight is 328 g/mol. The highest BCUT2D eigenvalue weighted by atomic mass is 19.1. The number of pyridine rings is 2. The van der Waals surface area contributed by atoms with E-state index in [1.165, 1.54) is 10.7 Å². The topological polar surface area (TPSA) is 69.4 Å². The van der Waals surface area contributed by atoms with Crippen LogP contribution in [0.15, 0.2) is 36.7 Å². The van der Waals surface area contributed by atoms with Gasteiger partial charge < -0.3 is 4.74 Å². The van der Waals surface area contributed by atoms with Gasteiger partial charge in [-0.05, 0) is 50.6 Å². The highest BCUT2D eigenvalue weighted by molar-refractivity contribution is 5.73. The summed E-state index contributed by atoms with van der Waals surface area (Å²) in [4.78, 5) is 19.8. The normalized spacial score (nSPS) is 11.7. The molecular weight excluding hydrogens is 311 g/mol. The number of halogens is 1. The number of ether oxygens (including phenoxy) is 1. The first kappa shape index (κ1) is 16.0. The van der Waals surface area contributed by atoms with Gasteiger partial charge in [-0.2, -0.15) is 4.39 Å². The van der Waals surface area contributed by atoms with Crippen molar-refractivity contribution in [3.63, 3.8) is 0 Å². The number of nitrogens with zero attached hydrogens (tertiary/aromatic N) is 4. The summed E-state index contributed by atoms with van der Waals surface area (Å²) in [5.41, 5.74) is 0.979. The van der Waals surface area contributed by atoms with Crippen LogP contribution in [0.3, 0.4) is 0 Å². The first-order valence-electron chi connectivity index (χ1n) is 7.50. The molecule has 3 aromatic heterocycles. The van der Waals surface area contributed by atoms with Crippen molar-refractivity contribution in [2.75, 3.05) is 0 Å². The molecule has 0 aliphatic rings. The number of rotatable bonds is 3. The molecule has 3 rings (SSSR count). The van der Waals surface area contributed by atoms with Crippen LogP contribution in [0.4, 0.5) is 4.39 Å². The Kier molecular flexibility index (Phi) is 4.01. The molecule has 0 N–H and O–H groups in total. The van der Waals surface area contributed by atoms with Gasteiger partial charge in [-0.25, -0.2) is 14.5 Å². The molecule has 24 heavy (non-hydrogen) atoms. The summed E-state index contributed by atoms with van der Waals surface area (Å²) in [6.07, 6.45) is 3.19. The molecule has 0 bridgehead atoms. The SMILES string of the molecule is CC(C)(C)OC(=O)Cc1ccn2nc(-c3cccnc3F)nc2c1. The second-order valence-corrected chi connectivity index (χ2v) is 6.38. The third-order valence-electron chi connectivity index (χ3n) is 3.17. The van der Waals surface area contributed by atoms with Gasteiger partial charge in [0.05, 0.1) is 12.0 Å². The Balaban J connectivity index is 1.87. The number of hydrogen-bond acceptors (Lipinski definition) is 5. The molecule has 0 atom stereocenters. The molecule has 0 aliphatic heterocycles. The Hall–Kier alpha value is -2.83. The lowest BCUT2D eigenvalue weighted by atomic mass is 10.1. The standard InChI is InChI=1S/C17H17FN4O2/c1-17(2,3)24-14(23)10-11-6-8-22-13(9-11)20-16(21-22)12-5-4-7-19-15(12)18/h4-9H,10H2,1-3H3. The lowest BCUT2D eigenvalue weighted by Gasteiger charge is -2.19. The van der Waals surface area contributed by atoms with E-state index in [2.05, 4.69) is 15.1 Å². The second kappa shape index (κ2) is 5.99. The molecule has 0 saturated heterocycles. The van der Waals surface area contributed by atoms with Gasteiger partial charge in [-0.15, -0.1) is 5.10 Å². The van der Waals surface area contributed by atoms with E-state index in [1.807, 2.05) is 20.8 Å². The Morgan fingerprint density at radius 1 is 1.33 bits per heavy atom. The second-order valence-electron chi connectivity index (χ2n) is 6.38. The van der Waals surface area contributed by atoms with Crippen molar-refractivity contribution in [1.82, 2.24) is 19.6 Å². The zero-order valence-corrected chi connectivity index (χ0v) is 13.7. The lowest BCUT2D eigenvalue weighted by molar-refractivity contribution is -0.153. The highest BCUT2D eigenvalue weighted by Crippen LogP contribution is 2.19. The van der Waals surface area contributed by atoms with Crippen LogP contribution in [0.25, 0.3) is 17.0 Å². The van der Waals surface area contributed by atoms with Gasteiger partial charge in [-0.3, -0.25) is 4.79 Å². The third kappa shape index (κ3) is 3.56. The van der Waals surface area contributed by atoms with Crippen molar-refractivity contribution in [3.05, 3.63) is 48.2 Å². The average Bonchev–Trinajstić information content (AvgIpc) is 2.88. The predicted molar refractivity (Wildman–Crippen MR) is 85.7 cm³/mol. The molecule has 3 heterocycles. The molecule has 0 saturated carbocycles. The van der Waals surface area contributed by atoms with Crippen LogP contribution in [0, 0.1) is 5.95 Å². The summed E-state index contributed by atoms with van der Waals surface area (Å²) < 4.78 is 20.6. The summed E-state index contributed by atoms with van der Waals surface area (Å²) in [6, 6.07) is 6.68. The van der Waals surface area contributed by atoms with E-state index in [0.29, 0.717) is 5.65 Å². The molecule has 0 fully saturated rings. The minimum atomic E-state index is -0.623. The first-order chi connectivity index (χ1) is 11.3. The Bertz CT molecular complexity index is 899. The maximum Gasteiger partial charge on any atom is 0.310 e. The van der Waals surface area contributed by atoms with Crippen LogP contribution in [-0.4, -0.2) is 31.2 Å². The summed E-state index contributed by atoms with van der Waals surface area (Å²) in [7, 11) is 0. The van der Waals surface area contributed by atoms with Crippen LogP contribution in [0.1, 0.15) is 26.3 Å². The van der Waals surface area contributed by atoms with E-state index in [-0.39, 0.29) is 23.8 Å². The van der Waals surface area contributed by atoms with E-state index >= 15 is 0 Å². The number of hydrogen-bond donors (Lipinski definition) is 0. The molecule has 3 aromatic rings. The zero-order chi connectivity index (χ0) is 17.3. The molecule has 124 valence electrons. The molecular formula is C17H17FN4O2. The monoisotopic (exact) mass is 328 g/mol. The highest BCUT2D eigenvalue weighted by Gasteiger charge is 2.17. The lowest BCUT2D eigenvalue weighted by Crippen LogP contribution is -2.24. The molecule has 0 spiro atoms. The number of carbonyl (C=O) groups is 1. The van der Waals surface area contributed by atoms with Gasteiger partial charge in [0.15, 0.2) is 11.5 Å². The number of aromatic nitrogens is 4. The molecule has 0 aromatic carbocycles. The van der Waals surface area contributed by atoms with Crippen LogP contribution < -0.4 is 0 Å². The van der Waals surface area contributed by atoms with Gasteiger partial charge in [0.25, 0.3) is 0 Å². The molecule has 0 radical (unpaired) electrons. The molecule has 6 nitrogen and oxygen atoms in total. The largest absolute Gasteiger partial charge is 0.460 e. The fraction of sp³-hybridized carbons (Fsp3) is 0.294. The van der Waals surface area contributed by atoms with E-state index in [4.69, 9.17) is 4.74 Å². The predicted octanol–water partition coefficient (Wildman–Crippen LogP) is 2.81. The molecule has 0 unspecified atom stereocenters. The maximum absolute atomic E-state index is 13.8.